The van der Waals surface area contributed by atoms with E-state index < -0.39 is 0 Å². The van der Waals surface area contributed by atoms with E-state index in [0.29, 0.717) is 12.3 Å². The largest absolute Gasteiger partial charge is 0.451 e. The molecule has 0 radical (unpaired) electrons. The average molecular weight is 433 g/mol. The Morgan fingerprint density at radius 1 is 1.35 bits per heavy atom. The minimum absolute atomic E-state index is 0.143. The third kappa shape index (κ3) is 3.46. The average Bonchev–Trinajstić information content (AvgIpc) is 3.38. The van der Waals surface area contributed by atoms with Crippen molar-refractivity contribution < 1.29 is 9.21 Å². The first-order chi connectivity index (χ1) is 12.6. The number of halogens is 1. The van der Waals surface area contributed by atoms with Crippen molar-refractivity contribution in [2.75, 3.05) is 19.6 Å². The van der Waals surface area contributed by atoms with Crippen LogP contribution >= 0.6 is 27.3 Å². The summed E-state index contributed by atoms with van der Waals surface area (Å²) < 4.78 is 6.80. The minimum atomic E-state index is -0.143. The maximum Gasteiger partial charge on any atom is 0.287 e. The molecule has 26 heavy (non-hydrogen) atoms. The first-order valence-electron chi connectivity index (χ1n) is 8.88. The van der Waals surface area contributed by atoms with Crippen LogP contribution in [0.4, 0.5) is 0 Å². The third-order valence-electron chi connectivity index (χ3n) is 5.01. The van der Waals surface area contributed by atoms with Crippen LogP contribution < -0.4 is 5.32 Å². The number of amides is 1. The molecule has 1 aliphatic heterocycles. The Kier molecular flexibility index (Phi) is 5.16. The van der Waals surface area contributed by atoms with E-state index in [-0.39, 0.29) is 11.9 Å². The second-order valence-corrected chi connectivity index (χ2v) is 8.58. The van der Waals surface area contributed by atoms with Crippen LogP contribution in [0.5, 0.6) is 0 Å². The maximum absolute atomic E-state index is 12.8. The fourth-order valence-electron chi connectivity index (χ4n) is 3.62. The van der Waals surface area contributed by atoms with Gasteiger partial charge in [0.2, 0.25) is 0 Å². The Morgan fingerprint density at radius 3 is 2.88 bits per heavy atom. The highest BCUT2D eigenvalue weighted by molar-refractivity contribution is 9.10. The second-order valence-electron chi connectivity index (χ2n) is 6.68. The van der Waals surface area contributed by atoms with Crippen molar-refractivity contribution in [3.8, 4) is 0 Å². The van der Waals surface area contributed by atoms with Gasteiger partial charge in [-0.2, -0.15) is 0 Å². The Hall–Kier alpha value is -1.63. The van der Waals surface area contributed by atoms with Gasteiger partial charge in [-0.15, -0.1) is 11.3 Å². The lowest BCUT2D eigenvalue weighted by Gasteiger charge is -2.26. The van der Waals surface area contributed by atoms with Crippen molar-refractivity contribution in [1.82, 2.24) is 10.2 Å². The molecule has 136 valence electrons. The molecule has 3 aromatic rings. The molecule has 0 unspecified atom stereocenters. The molecule has 1 amide bonds. The summed E-state index contributed by atoms with van der Waals surface area (Å²) in [5, 5.41) is 6.17. The molecule has 1 atom stereocenters. The number of nitrogens with one attached hydrogen (secondary N) is 1. The molecular formula is C20H21BrN2O2S. The number of nitrogens with zero attached hydrogens (tertiary/aromatic N) is 1. The highest BCUT2D eigenvalue weighted by Gasteiger charge is 2.26. The van der Waals surface area contributed by atoms with E-state index in [9.17, 15) is 4.79 Å². The zero-order chi connectivity index (χ0) is 18.1. The summed E-state index contributed by atoms with van der Waals surface area (Å²) in [5.74, 6) is 0.264. The number of thiophene rings is 1. The van der Waals surface area contributed by atoms with Crippen LogP contribution in [0, 0.1) is 6.92 Å². The van der Waals surface area contributed by atoms with Gasteiger partial charge in [0.25, 0.3) is 5.91 Å². The molecule has 1 saturated heterocycles. The molecule has 1 N–H and O–H groups in total. The fraction of sp³-hybridized carbons (Fsp3) is 0.350. The zero-order valence-corrected chi connectivity index (χ0v) is 17.0. The van der Waals surface area contributed by atoms with Gasteiger partial charge >= 0.3 is 0 Å². The van der Waals surface area contributed by atoms with Crippen molar-refractivity contribution in [3.63, 3.8) is 0 Å². The summed E-state index contributed by atoms with van der Waals surface area (Å²) in [5.41, 5.74) is 1.62. The van der Waals surface area contributed by atoms with Crippen molar-refractivity contribution in [1.29, 1.82) is 0 Å². The predicted octanol–water partition coefficient (Wildman–Crippen LogP) is 5.13. The molecule has 1 aromatic carbocycles. The number of furan rings is 1. The van der Waals surface area contributed by atoms with Crippen molar-refractivity contribution in [3.05, 3.63) is 56.4 Å². The van der Waals surface area contributed by atoms with Gasteiger partial charge in [0.1, 0.15) is 5.58 Å². The number of aryl methyl sites for hydroxylation is 1. The summed E-state index contributed by atoms with van der Waals surface area (Å²) in [7, 11) is 0. The molecule has 0 spiro atoms. The van der Waals surface area contributed by atoms with Crippen LogP contribution in [-0.4, -0.2) is 30.4 Å². The highest BCUT2D eigenvalue weighted by Crippen LogP contribution is 2.30. The Labute approximate surface area is 165 Å². The van der Waals surface area contributed by atoms with Gasteiger partial charge in [-0.3, -0.25) is 9.69 Å². The van der Waals surface area contributed by atoms with E-state index in [1.54, 1.807) is 11.3 Å². The lowest BCUT2D eigenvalue weighted by molar-refractivity contribution is 0.0912. The van der Waals surface area contributed by atoms with E-state index in [0.717, 1.165) is 34.1 Å². The van der Waals surface area contributed by atoms with Crippen LogP contribution in [0.3, 0.4) is 0 Å². The van der Waals surface area contributed by atoms with Crippen LogP contribution in [0.1, 0.15) is 39.9 Å². The van der Waals surface area contributed by atoms with E-state index in [1.165, 1.54) is 17.7 Å². The topological polar surface area (TPSA) is 45.5 Å². The van der Waals surface area contributed by atoms with Crippen LogP contribution in [0.25, 0.3) is 11.0 Å². The van der Waals surface area contributed by atoms with Gasteiger partial charge in [0.05, 0.1) is 6.04 Å². The molecule has 2 aromatic heterocycles. The minimum Gasteiger partial charge on any atom is -0.451 e. The highest BCUT2D eigenvalue weighted by atomic mass is 79.9. The van der Waals surface area contributed by atoms with Gasteiger partial charge in [0, 0.05) is 26.8 Å². The number of fused-ring (bicyclic) bond motifs is 1. The number of benzene rings is 1. The first kappa shape index (κ1) is 17.8. The number of hydrogen-bond donors (Lipinski definition) is 1. The van der Waals surface area contributed by atoms with E-state index >= 15 is 0 Å². The van der Waals surface area contributed by atoms with Gasteiger partial charge in [0.15, 0.2) is 5.76 Å². The van der Waals surface area contributed by atoms with Crippen molar-refractivity contribution in [2.45, 2.75) is 25.8 Å². The molecule has 1 aliphatic rings. The number of hydrogen-bond acceptors (Lipinski definition) is 4. The lowest BCUT2D eigenvalue weighted by atomic mass is 10.1. The molecule has 0 saturated carbocycles. The molecule has 0 aliphatic carbocycles. The normalized spacial score (nSPS) is 16.2. The van der Waals surface area contributed by atoms with Crippen molar-refractivity contribution >= 4 is 44.1 Å². The number of likely N-dealkylation sites (tertiary alicyclic amines) is 1. The summed E-state index contributed by atoms with van der Waals surface area (Å²) >= 11 is 5.23. The molecular weight excluding hydrogens is 412 g/mol. The van der Waals surface area contributed by atoms with Gasteiger partial charge < -0.3 is 9.73 Å². The molecule has 1 fully saturated rings. The molecule has 0 bridgehead atoms. The summed E-state index contributed by atoms with van der Waals surface area (Å²) in [6, 6.07) is 10.3. The number of rotatable bonds is 5. The predicted molar refractivity (Wildman–Crippen MR) is 109 cm³/mol. The second kappa shape index (κ2) is 7.55. The summed E-state index contributed by atoms with van der Waals surface area (Å²) in [4.78, 5) is 16.5. The van der Waals surface area contributed by atoms with Crippen molar-refractivity contribution in [2.24, 2.45) is 0 Å². The van der Waals surface area contributed by atoms with Crippen LogP contribution in [0.2, 0.25) is 0 Å². The maximum atomic E-state index is 12.8. The molecule has 6 heteroatoms. The summed E-state index contributed by atoms with van der Waals surface area (Å²) in [6.07, 6.45) is 2.46. The quantitative estimate of drug-likeness (QED) is 0.607. The summed E-state index contributed by atoms with van der Waals surface area (Å²) in [6.45, 7) is 4.72. The standard InChI is InChI=1S/C20H21BrN2O2S/c1-13-15-11-14(21)6-7-17(15)25-19(13)20(24)22-12-16(18-5-4-10-26-18)23-8-2-3-9-23/h4-7,10-11,16H,2-3,8-9,12H2,1H3,(H,22,24)/t16-/m0/s1. The SMILES string of the molecule is Cc1c(C(=O)NC[C@@H](c2cccs2)N2CCCC2)oc2ccc(Br)cc12. The van der Waals surface area contributed by atoms with Gasteiger partial charge in [-0.25, -0.2) is 0 Å². The van der Waals surface area contributed by atoms with E-state index in [1.807, 2.05) is 25.1 Å². The monoisotopic (exact) mass is 432 g/mol. The first-order valence-corrected chi connectivity index (χ1v) is 10.5. The van der Waals surface area contributed by atoms with Crippen LogP contribution in [0.15, 0.2) is 44.6 Å². The van der Waals surface area contributed by atoms with E-state index in [4.69, 9.17) is 4.42 Å². The smallest absolute Gasteiger partial charge is 0.287 e. The molecule has 4 rings (SSSR count). The molecule has 4 nitrogen and oxygen atoms in total. The Morgan fingerprint density at radius 2 is 2.15 bits per heavy atom. The third-order valence-corrected chi connectivity index (χ3v) is 6.48. The van der Waals surface area contributed by atoms with Gasteiger partial charge in [-0.05, 0) is 62.5 Å². The fourth-order valence-corrected chi connectivity index (χ4v) is 4.85. The number of carbonyl (C=O) groups excluding carboxylic acids is 1. The van der Waals surface area contributed by atoms with Crippen LogP contribution in [-0.2, 0) is 0 Å². The van der Waals surface area contributed by atoms with Gasteiger partial charge in [-0.1, -0.05) is 22.0 Å². The molecule has 3 heterocycles. The number of carbonyl (C=O) groups is 1. The Bertz CT molecular complexity index is 913. The zero-order valence-electron chi connectivity index (χ0n) is 14.6. The van der Waals surface area contributed by atoms with E-state index in [2.05, 4.69) is 43.7 Å². The lowest BCUT2D eigenvalue weighted by Crippen LogP contribution is -2.36. The Balaban J connectivity index is 1.53.